The molecule has 1 aliphatic rings. The van der Waals surface area contributed by atoms with Crippen molar-refractivity contribution in [2.45, 2.75) is 31.0 Å². The Labute approximate surface area is 128 Å². The number of nitrogens with one attached hydrogen (secondary N) is 2. The fourth-order valence-electron chi connectivity index (χ4n) is 2.46. The molecule has 2 aromatic heterocycles. The second-order valence-electron chi connectivity index (χ2n) is 5.19. The van der Waals surface area contributed by atoms with E-state index in [0.717, 1.165) is 4.57 Å². The number of rotatable bonds is 4. The van der Waals surface area contributed by atoms with Crippen LogP contribution in [-0.2, 0) is 11.2 Å². The first-order chi connectivity index (χ1) is 11.0. The van der Waals surface area contributed by atoms with E-state index in [2.05, 4.69) is 20.4 Å². The summed E-state index contributed by atoms with van der Waals surface area (Å²) in [5.41, 5.74) is -0.701. The van der Waals surface area contributed by atoms with Gasteiger partial charge in [0.1, 0.15) is 18.3 Å². The number of hydrogen-bond donors (Lipinski definition) is 5. The standard InChI is InChI=1S/C12H15N5O6/c18-4-7-8(19)9(20)11(23-7)17-3-5(10(21)14-12(17)22)1-6-2-13-16-15-6/h2-3,7-9,11,18-20H,1,4H2,(H,13,15,16)(H,14,21,22). The van der Waals surface area contributed by atoms with Crippen LogP contribution < -0.4 is 11.2 Å². The van der Waals surface area contributed by atoms with Crippen LogP contribution in [0.4, 0.5) is 0 Å². The molecule has 3 rings (SSSR count). The minimum absolute atomic E-state index is 0.112. The predicted molar refractivity (Wildman–Crippen MR) is 73.5 cm³/mol. The zero-order chi connectivity index (χ0) is 16.6. The number of aromatic amines is 2. The topological polar surface area (TPSA) is 166 Å². The normalized spacial score (nSPS) is 27.4. The molecule has 1 fully saturated rings. The van der Waals surface area contributed by atoms with Crippen LogP contribution in [0.1, 0.15) is 17.5 Å². The average molecular weight is 325 g/mol. The Kier molecular flexibility index (Phi) is 4.09. The van der Waals surface area contributed by atoms with Gasteiger partial charge in [-0.25, -0.2) is 4.79 Å². The van der Waals surface area contributed by atoms with Crippen molar-refractivity contribution in [3.8, 4) is 0 Å². The number of H-pyrrole nitrogens is 2. The van der Waals surface area contributed by atoms with E-state index >= 15 is 0 Å². The van der Waals surface area contributed by atoms with Crippen molar-refractivity contribution in [1.29, 1.82) is 0 Å². The molecule has 1 saturated heterocycles. The maximum Gasteiger partial charge on any atom is 0.330 e. The van der Waals surface area contributed by atoms with Gasteiger partial charge in [-0.1, -0.05) is 0 Å². The van der Waals surface area contributed by atoms with Crippen LogP contribution in [-0.4, -0.2) is 65.2 Å². The Morgan fingerprint density at radius 3 is 2.70 bits per heavy atom. The highest BCUT2D eigenvalue weighted by Crippen LogP contribution is 2.28. The molecule has 11 nitrogen and oxygen atoms in total. The van der Waals surface area contributed by atoms with E-state index in [0.29, 0.717) is 5.69 Å². The summed E-state index contributed by atoms with van der Waals surface area (Å²) in [6, 6.07) is 0. The van der Waals surface area contributed by atoms with Crippen molar-refractivity contribution in [3.63, 3.8) is 0 Å². The number of nitrogens with zero attached hydrogens (tertiary/aromatic N) is 3. The van der Waals surface area contributed by atoms with E-state index in [1.165, 1.54) is 12.4 Å². The number of ether oxygens (including phenoxy) is 1. The molecule has 0 bridgehead atoms. The number of aliphatic hydroxyl groups excluding tert-OH is 3. The van der Waals surface area contributed by atoms with Crippen molar-refractivity contribution in [1.82, 2.24) is 25.0 Å². The predicted octanol–water partition coefficient (Wildman–Crippen LogP) is -3.14. The minimum Gasteiger partial charge on any atom is -0.394 e. The maximum atomic E-state index is 12.0. The molecular weight excluding hydrogens is 310 g/mol. The zero-order valence-corrected chi connectivity index (χ0v) is 11.8. The van der Waals surface area contributed by atoms with E-state index in [9.17, 15) is 19.8 Å². The zero-order valence-electron chi connectivity index (χ0n) is 11.8. The van der Waals surface area contributed by atoms with E-state index < -0.39 is 42.4 Å². The van der Waals surface area contributed by atoms with Crippen LogP contribution in [0.15, 0.2) is 22.0 Å². The van der Waals surface area contributed by atoms with E-state index in [-0.39, 0.29) is 12.0 Å². The van der Waals surface area contributed by atoms with E-state index in [4.69, 9.17) is 9.84 Å². The van der Waals surface area contributed by atoms with Crippen molar-refractivity contribution in [3.05, 3.63) is 44.5 Å². The van der Waals surface area contributed by atoms with Crippen molar-refractivity contribution in [2.75, 3.05) is 6.61 Å². The van der Waals surface area contributed by atoms with Crippen LogP contribution in [0.3, 0.4) is 0 Å². The summed E-state index contributed by atoms with van der Waals surface area (Å²) < 4.78 is 6.26. The van der Waals surface area contributed by atoms with Gasteiger partial charge in [-0.3, -0.25) is 14.3 Å². The Morgan fingerprint density at radius 2 is 2.09 bits per heavy atom. The molecular formula is C12H15N5O6. The molecule has 4 atom stereocenters. The lowest BCUT2D eigenvalue weighted by atomic mass is 10.1. The van der Waals surface area contributed by atoms with Crippen LogP contribution in [0, 0.1) is 0 Å². The van der Waals surface area contributed by atoms with Gasteiger partial charge in [0.25, 0.3) is 5.56 Å². The van der Waals surface area contributed by atoms with Gasteiger partial charge >= 0.3 is 5.69 Å². The third-order valence-corrected chi connectivity index (χ3v) is 3.67. The van der Waals surface area contributed by atoms with Gasteiger partial charge in [0, 0.05) is 18.2 Å². The Hall–Kier alpha value is -2.34. The summed E-state index contributed by atoms with van der Waals surface area (Å²) in [4.78, 5) is 26.0. The summed E-state index contributed by atoms with van der Waals surface area (Å²) in [7, 11) is 0. The first-order valence-corrected chi connectivity index (χ1v) is 6.82. The molecule has 11 heteroatoms. The summed E-state index contributed by atoms with van der Waals surface area (Å²) in [6.07, 6.45) is -2.23. The second-order valence-corrected chi connectivity index (χ2v) is 5.19. The van der Waals surface area contributed by atoms with Gasteiger partial charge in [0.2, 0.25) is 0 Å². The molecule has 0 amide bonds. The van der Waals surface area contributed by atoms with Gasteiger partial charge in [-0.15, -0.1) is 0 Å². The molecule has 0 aromatic carbocycles. The van der Waals surface area contributed by atoms with Crippen LogP contribution >= 0.6 is 0 Å². The van der Waals surface area contributed by atoms with Gasteiger partial charge < -0.3 is 20.1 Å². The van der Waals surface area contributed by atoms with E-state index in [1.54, 1.807) is 0 Å². The largest absolute Gasteiger partial charge is 0.394 e. The molecule has 3 heterocycles. The number of aliphatic hydroxyl groups is 3. The molecule has 23 heavy (non-hydrogen) atoms. The van der Waals surface area contributed by atoms with Crippen LogP contribution in [0.25, 0.3) is 0 Å². The summed E-state index contributed by atoms with van der Waals surface area (Å²) in [5.74, 6) is 0. The third-order valence-electron chi connectivity index (χ3n) is 3.67. The number of hydrogen-bond acceptors (Lipinski definition) is 8. The Balaban J connectivity index is 1.96. The molecule has 124 valence electrons. The highest BCUT2D eigenvalue weighted by molar-refractivity contribution is 5.14. The monoisotopic (exact) mass is 325 g/mol. The maximum absolute atomic E-state index is 12.0. The second kappa shape index (κ2) is 6.04. The molecule has 0 saturated carbocycles. The van der Waals surface area contributed by atoms with Gasteiger partial charge in [0.05, 0.1) is 18.5 Å². The molecule has 0 radical (unpaired) electrons. The minimum atomic E-state index is -1.42. The fraction of sp³-hybridized carbons (Fsp3) is 0.500. The first-order valence-electron chi connectivity index (χ1n) is 6.82. The first kappa shape index (κ1) is 15.6. The summed E-state index contributed by atoms with van der Waals surface area (Å²) in [5, 5.41) is 38.7. The molecule has 2 aromatic rings. The van der Waals surface area contributed by atoms with E-state index in [1.807, 2.05) is 0 Å². The molecule has 1 aliphatic heterocycles. The third kappa shape index (κ3) is 2.82. The molecule has 5 N–H and O–H groups in total. The van der Waals surface area contributed by atoms with Crippen molar-refractivity contribution >= 4 is 0 Å². The highest BCUT2D eigenvalue weighted by atomic mass is 16.6. The van der Waals surface area contributed by atoms with Crippen molar-refractivity contribution < 1.29 is 20.1 Å². The Morgan fingerprint density at radius 1 is 1.30 bits per heavy atom. The van der Waals surface area contributed by atoms with Gasteiger partial charge in [-0.05, 0) is 0 Å². The van der Waals surface area contributed by atoms with Crippen LogP contribution in [0.5, 0.6) is 0 Å². The lowest BCUT2D eigenvalue weighted by molar-refractivity contribution is -0.0551. The number of aromatic nitrogens is 5. The highest BCUT2D eigenvalue weighted by Gasteiger charge is 2.43. The SMILES string of the molecule is O=c1[nH]c(=O)n(C2OC(CO)C(O)C2O)cc1Cc1cn[nH]n1. The lowest BCUT2D eigenvalue weighted by Crippen LogP contribution is -2.39. The quantitative estimate of drug-likeness (QED) is 0.393. The summed E-state index contributed by atoms with van der Waals surface area (Å²) >= 11 is 0. The molecule has 0 spiro atoms. The van der Waals surface area contributed by atoms with Crippen LogP contribution in [0.2, 0.25) is 0 Å². The molecule has 0 aliphatic carbocycles. The average Bonchev–Trinajstić information content (AvgIpc) is 3.12. The van der Waals surface area contributed by atoms with Gasteiger partial charge in [-0.2, -0.15) is 15.4 Å². The fourth-order valence-corrected chi connectivity index (χ4v) is 2.46. The lowest BCUT2D eigenvalue weighted by Gasteiger charge is -2.17. The smallest absolute Gasteiger partial charge is 0.330 e. The summed E-state index contributed by atoms with van der Waals surface area (Å²) in [6.45, 7) is -0.515. The molecule has 4 unspecified atom stereocenters. The van der Waals surface area contributed by atoms with Crippen molar-refractivity contribution in [2.24, 2.45) is 0 Å². The van der Waals surface area contributed by atoms with Gasteiger partial charge in [0.15, 0.2) is 6.23 Å². The Bertz CT molecular complexity index is 784.